The first-order chi connectivity index (χ1) is 11.1. The van der Waals surface area contributed by atoms with Crippen LogP contribution in [0.5, 0.6) is 0 Å². The molecule has 1 amide bonds. The Morgan fingerprint density at radius 3 is 2.87 bits per heavy atom. The largest absolute Gasteiger partial charge is 0.305 e. The summed E-state index contributed by atoms with van der Waals surface area (Å²) in [5.74, 6) is 0.379. The number of pyridine rings is 2. The molecule has 3 aromatic heterocycles. The third kappa shape index (κ3) is 2.95. The minimum absolute atomic E-state index is 0.176. The minimum atomic E-state index is -0.176. The number of rotatable bonds is 4. The van der Waals surface area contributed by atoms with Crippen molar-refractivity contribution < 1.29 is 4.79 Å². The maximum Gasteiger partial charge on any atom is 0.275 e. The van der Waals surface area contributed by atoms with Crippen LogP contribution in [0, 0.1) is 13.8 Å². The molecule has 1 N–H and O–H groups in total. The second-order valence-electron chi connectivity index (χ2n) is 5.71. The summed E-state index contributed by atoms with van der Waals surface area (Å²) in [7, 11) is 0. The average molecular weight is 308 g/mol. The number of carbonyl (C=O) groups is 1. The van der Waals surface area contributed by atoms with Crippen LogP contribution in [0.3, 0.4) is 0 Å². The molecule has 0 aliphatic carbocycles. The van der Waals surface area contributed by atoms with Crippen LogP contribution in [-0.2, 0) is 6.42 Å². The summed E-state index contributed by atoms with van der Waals surface area (Å²) in [5, 5.41) is 2.88. The first kappa shape index (κ1) is 15.2. The second-order valence-corrected chi connectivity index (χ2v) is 5.71. The van der Waals surface area contributed by atoms with Crippen molar-refractivity contribution in [3.63, 3.8) is 0 Å². The van der Waals surface area contributed by atoms with Gasteiger partial charge in [0.05, 0.1) is 5.69 Å². The molecule has 0 radical (unpaired) electrons. The molecule has 0 aliphatic rings. The first-order valence-corrected chi connectivity index (χ1v) is 7.80. The fourth-order valence-electron chi connectivity index (χ4n) is 2.68. The highest BCUT2D eigenvalue weighted by atomic mass is 16.2. The molecule has 118 valence electrons. The third-order valence-corrected chi connectivity index (χ3v) is 3.78. The molecule has 0 aromatic carbocycles. The van der Waals surface area contributed by atoms with Gasteiger partial charge in [0.25, 0.3) is 5.91 Å². The van der Waals surface area contributed by atoms with Gasteiger partial charge in [0.1, 0.15) is 17.2 Å². The van der Waals surface area contributed by atoms with E-state index in [-0.39, 0.29) is 5.91 Å². The number of fused-ring (bicyclic) bond motifs is 1. The lowest BCUT2D eigenvalue weighted by molar-refractivity contribution is 0.102. The highest BCUT2D eigenvalue weighted by Crippen LogP contribution is 2.19. The van der Waals surface area contributed by atoms with Gasteiger partial charge < -0.3 is 5.32 Å². The smallest absolute Gasteiger partial charge is 0.275 e. The third-order valence-electron chi connectivity index (χ3n) is 3.78. The summed E-state index contributed by atoms with van der Waals surface area (Å²) in [6, 6.07) is 7.69. The van der Waals surface area contributed by atoms with Gasteiger partial charge in [-0.1, -0.05) is 19.4 Å². The minimum Gasteiger partial charge on any atom is -0.305 e. The van der Waals surface area contributed by atoms with Crippen LogP contribution in [0.15, 0.2) is 36.7 Å². The highest BCUT2D eigenvalue weighted by molar-refractivity contribution is 6.04. The molecule has 0 saturated heterocycles. The number of anilines is 1. The van der Waals surface area contributed by atoms with Gasteiger partial charge >= 0.3 is 0 Å². The van der Waals surface area contributed by atoms with Crippen molar-refractivity contribution in [1.29, 1.82) is 0 Å². The molecule has 3 heterocycles. The van der Waals surface area contributed by atoms with Crippen LogP contribution in [0.25, 0.3) is 5.65 Å². The van der Waals surface area contributed by atoms with E-state index in [1.54, 1.807) is 6.20 Å². The zero-order valence-electron chi connectivity index (χ0n) is 13.6. The van der Waals surface area contributed by atoms with Gasteiger partial charge in [-0.3, -0.25) is 9.20 Å². The average Bonchev–Trinajstić information content (AvgIpc) is 2.87. The van der Waals surface area contributed by atoms with E-state index in [1.807, 2.05) is 48.7 Å². The molecule has 5 nitrogen and oxygen atoms in total. The van der Waals surface area contributed by atoms with Crippen molar-refractivity contribution in [2.75, 3.05) is 5.32 Å². The zero-order chi connectivity index (χ0) is 16.4. The number of aryl methyl sites for hydroxylation is 3. The van der Waals surface area contributed by atoms with E-state index in [0.717, 1.165) is 35.3 Å². The number of nitrogens with zero attached hydrogens (tertiary/aromatic N) is 3. The standard InChI is InChI=1S/C18H20N4O/c1-4-6-14-16(22-10-5-7-13(3)17(22)20-14)18(23)21-15-11-12(2)8-9-19-15/h5,7-11H,4,6H2,1-3H3,(H,19,21,23). The van der Waals surface area contributed by atoms with Gasteiger partial charge in [-0.25, -0.2) is 9.97 Å². The van der Waals surface area contributed by atoms with Crippen molar-refractivity contribution in [3.8, 4) is 0 Å². The molecule has 0 saturated carbocycles. The molecule has 3 rings (SSSR count). The van der Waals surface area contributed by atoms with E-state index in [2.05, 4.69) is 22.2 Å². The Bertz CT molecular complexity index is 867. The predicted octanol–water partition coefficient (Wildman–Crippen LogP) is 3.55. The lowest BCUT2D eigenvalue weighted by Gasteiger charge is -2.07. The van der Waals surface area contributed by atoms with Crippen molar-refractivity contribution in [1.82, 2.24) is 14.4 Å². The van der Waals surface area contributed by atoms with Crippen LogP contribution < -0.4 is 5.32 Å². The highest BCUT2D eigenvalue weighted by Gasteiger charge is 2.20. The van der Waals surface area contributed by atoms with Gasteiger partial charge in [-0.05, 0) is 49.6 Å². The lowest BCUT2D eigenvalue weighted by Crippen LogP contribution is -2.17. The Kier molecular flexibility index (Phi) is 4.10. The fourth-order valence-corrected chi connectivity index (χ4v) is 2.68. The SMILES string of the molecule is CCCc1nc2c(C)cccn2c1C(=O)Nc1cc(C)ccn1. The maximum absolute atomic E-state index is 12.8. The Hall–Kier alpha value is -2.69. The molecule has 0 unspecified atom stereocenters. The maximum atomic E-state index is 12.8. The van der Waals surface area contributed by atoms with Crippen molar-refractivity contribution in [2.45, 2.75) is 33.6 Å². The normalized spacial score (nSPS) is 10.9. The van der Waals surface area contributed by atoms with E-state index < -0.39 is 0 Å². The number of imidazole rings is 1. The zero-order valence-corrected chi connectivity index (χ0v) is 13.6. The van der Waals surface area contributed by atoms with Crippen LogP contribution >= 0.6 is 0 Å². The fraction of sp³-hybridized carbons (Fsp3) is 0.278. The van der Waals surface area contributed by atoms with E-state index >= 15 is 0 Å². The Morgan fingerprint density at radius 1 is 1.30 bits per heavy atom. The molecule has 0 fully saturated rings. The van der Waals surface area contributed by atoms with Gasteiger partial charge in [0.15, 0.2) is 0 Å². The van der Waals surface area contributed by atoms with Gasteiger partial charge in [-0.15, -0.1) is 0 Å². The van der Waals surface area contributed by atoms with Gasteiger partial charge in [0, 0.05) is 12.4 Å². The molecule has 0 bridgehead atoms. The molecule has 0 aliphatic heterocycles. The Labute approximate surface area is 135 Å². The van der Waals surface area contributed by atoms with Crippen LogP contribution in [0.1, 0.15) is 40.7 Å². The molecule has 5 heteroatoms. The summed E-state index contributed by atoms with van der Waals surface area (Å²) in [4.78, 5) is 21.7. The summed E-state index contributed by atoms with van der Waals surface area (Å²) in [6.45, 7) is 6.06. The number of hydrogen-bond donors (Lipinski definition) is 1. The Morgan fingerprint density at radius 2 is 2.13 bits per heavy atom. The molecule has 23 heavy (non-hydrogen) atoms. The molecule has 3 aromatic rings. The van der Waals surface area contributed by atoms with Crippen LogP contribution in [0.2, 0.25) is 0 Å². The van der Waals surface area contributed by atoms with E-state index in [1.165, 1.54) is 0 Å². The van der Waals surface area contributed by atoms with Crippen molar-refractivity contribution >= 4 is 17.4 Å². The number of hydrogen-bond acceptors (Lipinski definition) is 3. The summed E-state index contributed by atoms with van der Waals surface area (Å²) in [6.07, 6.45) is 5.28. The summed E-state index contributed by atoms with van der Waals surface area (Å²) < 4.78 is 1.87. The monoisotopic (exact) mass is 308 g/mol. The van der Waals surface area contributed by atoms with Crippen LogP contribution in [-0.4, -0.2) is 20.3 Å². The number of nitrogens with one attached hydrogen (secondary N) is 1. The number of amides is 1. The molecule has 0 atom stereocenters. The van der Waals surface area contributed by atoms with E-state index in [4.69, 9.17) is 0 Å². The van der Waals surface area contributed by atoms with Crippen LogP contribution in [0.4, 0.5) is 5.82 Å². The molecular weight excluding hydrogens is 288 g/mol. The van der Waals surface area contributed by atoms with Crippen molar-refractivity contribution in [3.05, 3.63) is 59.2 Å². The van der Waals surface area contributed by atoms with E-state index in [9.17, 15) is 4.79 Å². The lowest BCUT2D eigenvalue weighted by atomic mass is 10.2. The number of aromatic nitrogens is 3. The van der Waals surface area contributed by atoms with E-state index in [0.29, 0.717) is 11.5 Å². The van der Waals surface area contributed by atoms with Gasteiger partial charge in [-0.2, -0.15) is 0 Å². The van der Waals surface area contributed by atoms with Crippen molar-refractivity contribution in [2.24, 2.45) is 0 Å². The molecular formula is C18H20N4O. The topological polar surface area (TPSA) is 59.3 Å². The Balaban J connectivity index is 2.05. The summed E-state index contributed by atoms with van der Waals surface area (Å²) >= 11 is 0. The molecule has 0 spiro atoms. The predicted molar refractivity (Wildman–Crippen MR) is 90.9 cm³/mol. The first-order valence-electron chi connectivity index (χ1n) is 7.80. The van der Waals surface area contributed by atoms with Gasteiger partial charge in [0.2, 0.25) is 0 Å². The second kappa shape index (κ2) is 6.20. The summed E-state index contributed by atoms with van der Waals surface area (Å²) in [5.41, 5.74) is 4.36. The quantitative estimate of drug-likeness (QED) is 0.802. The number of carbonyl (C=O) groups excluding carboxylic acids is 1.